The molecule has 10 heteroatoms. The number of pyridine rings is 1. The van der Waals surface area contributed by atoms with Crippen molar-refractivity contribution in [2.45, 2.75) is 6.18 Å². The molecular formula is C13H13F3N6O. The number of carbonyl (C=O) groups excluding carboxylic acids is 1. The third-order valence-electron chi connectivity index (χ3n) is 2.64. The minimum Gasteiger partial charge on any atom is -0.368 e. The molecule has 2 aromatic heterocycles. The lowest BCUT2D eigenvalue weighted by atomic mass is 10.3. The van der Waals surface area contributed by atoms with Crippen LogP contribution in [0.1, 0.15) is 5.69 Å². The van der Waals surface area contributed by atoms with E-state index in [1.54, 1.807) is 12.1 Å². The molecule has 2 amide bonds. The summed E-state index contributed by atoms with van der Waals surface area (Å²) in [5.41, 5.74) is 4.03. The number of halogens is 3. The van der Waals surface area contributed by atoms with Gasteiger partial charge in [0.05, 0.1) is 0 Å². The Morgan fingerprint density at radius 2 is 2.00 bits per heavy atom. The Morgan fingerprint density at radius 3 is 2.61 bits per heavy atom. The molecule has 0 saturated heterocycles. The molecule has 7 nitrogen and oxygen atoms in total. The normalized spacial score (nSPS) is 11.1. The molecule has 0 saturated carbocycles. The second kappa shape index (κ2) is 6.90. The van der Waals surface area contributed by atoms with Crippen LogP contribution < -0.4 is 16.4 Å². The van der Waals surface area contributed by atoms with Crippen molar-refractivity contribution >= 4 is 11.8 Å². The van der Waals surface area contributed by atoms with E-state index in [4.69, 9.17) is 5.73 Å². The predicted molar refractivity (Wildman–Crippen MR) is 76.3 cm³/mol. The quantitative estimate of drug-likeness (QED) is 0.724. The smallest absolute Gasteiger partial charge is 0.368 e. The molecule has 0 aliphatic heterocycles. The average Bonchev–Trinajstić information content (AvgIpc) is 2.51. The van der Waals surface area contributed by atoms with E-state index in [-0.39, 0.29) is 30.4 Å². The summed E-state index contributed by atoms with van der Waals surface area (Å²) in [5, 5.41) is 4.98. The summed E-state index contributed by atoms with van der Waals surface area (Å²) in [4.78, 5) is 22.0. The highest BCUT2D eigenvalue weighted by Gasteiger charge is 2.33. The van der Waals surface area contributed by atoms with Crippen LogP contribution in [0, 0.1) is 0 Å². The Morgan fingerprint density at radius 1 is 1.22 bits per heavy atom. The van der Waals surface area contributed by atoms with E-state index in [1.165, 1.54) is 12.3 Å². The van der Waals surface area contributed by atoms with E-state index < -0.39 is 17.9 Å². The minimum atomic E-state index is -4.62. The number of nitrogens with zero attached hydrogens (tertiary/aromatic N) is 3. The fourth-order valence-electron chi connectivity index (χ4n) is 1.67. The lowest BCUT2D eigenvalue weighted by Crippen LogP contribution is -2.33. The van der Waals surface area contributed by atoms with Crippen molar-refractivity contribution < 1.29 is 18.0 Å². The highest BCUT2D eigenvalue weighted by atomic mass is 19.4. The van der Waals surface area contributed by atoms with Crippen molar-refractivity contribution in [3.63, 3.8) is 0 Å². The molecule has 0 bridgehead atoms. The topological polar surface area (TPSA) is 106 Å². The fourth-order valence-corrected chi connectivity index (χ4v) is 1.67. The van der Waals surface area contributed by atoms with Gasteiger partial charge in [0.25, 0.3) is 0 Å². The molecule has 2 aromatic rings. The molecule has 0 aliphatic rings. The summed E-state index contributed by atoms with van der Waals surface area (Å²) in [6, 6.07) is 4.83. The first kappa shape index (κ1) is 16.5. The van der Waals surface area contributed by atoms with Gasteiger partial charge in [0.1, 0.15) is 11.5 Å². The van der Waals surface area contributed by atoms with Crippen molar-refractivity contribution in [3.8, 4) is 11.5 Å². The van der Waals surface area contributed by atoms with Gasteiger partial charge in [-0.2, -0.15) is 13.2 Å². The van der Waals surface area contributed by atoms with Crippen molar-refractivity contribution in [2.24, 2.45) is 5.73 Å². The van der Waals surface area contributed by atoms with Crippen molar-refractivity contribution in [1.82, 2.24) is 20.3 Å². The molecule has 122 valence electrons. The second-order valence-corrected chi connectivity index (χ2v) is 4.39. The lowest BCUT2D eigenvalue weighted by molar-refractivity contribution is -0.141. The number of amides is 2. The summed E-state index contributed by atoms with van der Waals surface area (Å²) in [7, 11) is 0. The molecule has 0 atom stereocenters. The number of carbonyl (C=O) groups is 1. The lowest BCUT2D eigenvalue weighted by Gasteiger charge is -2.11. The molecule has 0 spiro atoms. The average molecular weight is 326 g/mol. The van der Waals surface area contributed by atoms with Crippen molar-refractivity contribution in [3.05, 3.63) is 36.2 Å². The molecule has 4 N–H and O–H groups in total. The van der Waals surface area contributed by atoms with E-state index in [2.05, 4.69) is 25.6 Å². The van der Waals surface area contributed by atoms with Crippen LogP contribution in [0.2, 0.25) is 0 Å². The number of anilines is 1. The van der Waals surface area contributed by atoms with Gasteiger partial charge in [0.2, 0.25) is 0 Å². The Hall–Kier alpha value is -2.91. The van der Waals surface area contributed by atoms with Crippen LogP contribution in [0.15, 0.2) is 30.5 Å². The van der Waals surface area contributed by atoms with Crippen LogP contribution in [0.25, 0.3) is 11.5 Å². The minimum absolute atomic E-state index is 0.0285. The Labute approximate surface area is 129 Å². The Kier molecular flexibility index (Phi) is 4.94. The first-order chi connectivity index (χ1) is 10.9. The second-order valence-electron chi connectivity index (χ2n) is 4.39. The standard InChI is InChI=1S/C13H13F3N6O/c14-13(15,16)9-7-10(19-5-6-20-12(17)23)22-11(21-9)8-3-1-2-4-18-8/h1-4,7H,5-6H2,(H3,17,20,23)(H,19,21,22). The number of hydrogen-bond acceptors (Lipinski definition) is 5. The van der Waals surface area contributed by atoms with Gasteiger partial charge in [0.15, 0.2) is 11.5 Å². The maximum Gasteiger partial charge on any atom is 0.433 e. The number of alkyl halides is 3. The first-order valence-corrected chi connectivity index (χ1v) is 6.51. The number of rotatable bonds is 5. The van der Waals surface area contributed by atoms with Gasteiger partial charge in [-0.05, 0) is 12.1 Å². The van der Waals surface area contributed by atoms with E-state index in [9.17, 15) is 18.0 Å². The largest absolute Gasteiger partial charge is 0.433 e. The summed E-state index contributed by atoms with van der Waals surface area (Å²) >= 11 is 0. The van der Waals surface area contributed by atoms with E-state index in [0.717, 1.165) is 6.07 Å². The first-order valence-electron chi connectivity index (χ1n) is 6.51. The van der Waals surface area contributed by atoms with Crippen molar-refractivity contribution in [1.29, 1.82) is 0 Å². The van der Waals surface area contributed by atoms with E-state index in [0.29, 0.717) is 0 Å². The van der Waals surface area contributed by atoms with Crippen LogP contribution >= 0.6 is 0 Å². The molecule has 0 aromatic carbocycles. The molecule has 2 rings (SSSR count). The maximum atomic E-state index is 12.9. The molecule has 0 radical (unpaired) electrons. The molecule has 2 heterocycles. The zero-order chi connectivity index (χ0) is 16.9. The van der Waals surface area contributed by atoms with E-state index in [1.807, 2.05) is 0 Å². The molecule has 23 heavy (non-hydrogen) atoms. The number of urea groups is 1. The summed E-state index contributed by atoms with van der Waals surface area (Å²) in [6.07, 6.45) is -3.18. The highest BCUT2D eigenvalue weighted by molar-refractivity contribution is 5.71. The molecular weight excluding hydrogens is 313 g/mol. The van der Waals surface area contributed by atoms with Crippen molar-refractivity contribution in [2.75, 3.05) is 18.4 Å². The van der Waals surface area contributed by atoms with E-state index >= 15 is 0 Å². The molecule has 0 unspecified atom stereocenters. The SMILES string of the molecule is NC(=O)NCCNc1cc(C(F)(F)F)nc(-c2ccccn2)n1. The third-order valence-corrected chi connectivity index (χ3v) is 2.64. The zero-order valence-electron chi connectivity index (χ0n) is 11.8. The fraction of sp³-hybridized carbons (Fsp3) is 0.231. The van der Waals surface area contributed by atoms with Gasteiger partial charge in [-0.1, -0.05) is 6.07 Å². The van der Waals surface area contributed by atoms with Gasteiger partial charge in [0, 0.05) is 25.4 Å². The Bertz CT molecular complexity index is 677. The number of primary amides is 1. The van der Waals surface area contributed by atoms with Crippen LogP contribution in [0.4, 0.5) is 23.8 Å². The Balaban J connectivity index is 2.25. The summed E-state index contributed by atoms with van der Waals surface area (Å²) < 4.78 is 38.8. The summed E-state index contributed by atoms with van der Waals surface area (Å²) in [5.74, 6) is -0.176. The monoisotopic (exact) mass is 326 g/mol. The van der Waals surface area contributed by atoms with Gasteiger partial charge in [-0.3, -0.25) is 4.98 Å². The van der Waals surface area contributed by atoms with Gasteiger partial charge in [-0.25, -0.2) is 14.8 Å². The van der Waals surface area contributed by atoms with Gasteiger partial charge >= 0.3 is 12.2 Å². The zero-order valence-corrected chi connectivity index (χ0v) is 11.8. The summed E-state index contributed by atoms with van der Waals surface area (Å²) in [6.45, 7) is 0.290. The third kappa shape index (κ3) is 4.80. The molecule has 0 fully saturated rings. The highest BCUT2D eigenvalue weighted by Crippen LogP contribution is 2.30. The van der Waals surface area contributed by atoms with Crippen LogP contribution in [0.3, 0.4) is 0 Å². The number of aromatic nitrogens is 3. The van der Waals surface area contributed by atoms with Crippen LogP contribution in [-0.2, 0) is 6.18 Å². The van der Waals surface area contributed by atoms with Crippen LogP contribution in [-0.4, -0.2) is 34.1 Å². The van der Waals surface area contributed by atoms with Gasteiger partial charge < -0.3 is 16.4 Å². The molecule has 0 aliphatic carbocycles. The van der Waals surface area contributed by atoms with Crippen LogP contribution in [0.5, 0.6) is 0 Å². The maximum absolute atomic E-state index is 12.9. The number of nitrogens with two attached hydrogens (primary N) is 1. The predicted octanol–water partition coefficient (Wildman–Crippen LogP) is 1.64. The number of hydrogen-bond donors (Lipinski definition) is 3. The number of nitrogens with one attached hydrogen (secondary N) is 2. The van der Waals surface area contributed by atoms with Gasteiger partial charge in [-0.15, -0.1) is 0 Å².